The first kappa shape index (κ1) is 28.6. The third kappa shape index (κ3) is 9.84. The molecule has 0 aliphatic heterocycles. The van der Waals surface area contributed by atoms with Crippen LogP contribution in [0.1, 0.15) is 28.9 Å². The number of aliphatic carboxylic acids is 2. The van der Waals surface area contributed by atoms with Gasteiger partial charge in [0.25, 0.3) is 11.5 Å². The van der Waals surface area contributed by atoms with Crippen LogP contribution in [-0.4, -0.2) is 71.6 Å². The van der Waals surface area contributed by atoms with Crippen LogP contribution >= 0.6 is 0 Å². The number of nitrogens with one attached hydrogen (secondary N) is 3. The summed E-state index contributed by atoms with van der Waals surface area (Å²) < 4.78 is 31.6. The van der Waals surface area contributed by atoms with Gasteiger partial charge in [0.2, 0.25) is 5.95 Å². The van der Waals surface area contributed by atoms with Crippen molar-refractivity contribution in [2.24, 2.45) is 0 Å². The molecule has 0 spiro atoms. The lowest BCUT2D eigenvalue weighted by molar-refractivity contribution is -0.140. The maximum atomic E-state index is 12.3. The molecular weight excluding hydrogens is 518 g/mol. The summed E-state index contributed by atoms with van der Waals surface area (Å²) in [5.41, 5.74) is 6.47. The number of aromatic amines is 1. The average molecular weight is 539 g/mol. The quantitative estimate of drug-likeness (QED) is 0.156. The van der Waals surface area contributed by atoms with Crippen molar-refractivity contribution in [3.8, 4) is 0 Å². The van der Waals surface area contributed by atoms with Crippen molar-refractivity contribution < 1.29 is 42.1 Å². The highest BCUT2D eigenvalue weighted by atomic mass is 32.3. The smallest absolute Gasteiger partial charge is 0.394 e. The number of nitrogen functional groups attached to an aromatic ring is 1. The van der Waals surface area contributed by atoms with Crippen molar-refractivity contribution in [2.75, 3.05) is 11.1 Å². The molecule has 0 fully saturated rings. The number of carboxylic acid groups (broad SMARTS) is 2. The minimum Gasteiger partial charge on any atom is -0.481 e. The van der Waals surface area contributed by atoms with Crippen molar-refractivity contribution >= 4 is 51.0 Å². The van der Waals surface area contributed by atoms with Crippen LogP contribution < -0.4 is 21.9 Å². The number of hydrogen-bond acceptors (Lipinski definition) is 11. The van der Waals surface area contributed by atoms with E-state index >= 15 is 0 Å². The predicted octanol–water partition coefficient (Wildman–Crippen LogP) is -0.698. The highest BCUT2D eigenvalue weighted by Gasteiger charge is 2.21. The molecule has 0 saturated heterocycles. The second-order valence-corrected chi connectivity index (χ2v) is 8.06. The zero-order chi connectivity index (χ0) is 27.8. The largest absolute Gasteiger partial charge is 0.481 e. The molecule has 3 rings (SSSR count). The summed E-state index contributed by atoms with van der Waals surface area (Å²) in [4.78, 5) is 60.6. The fraction of sp³-hybridized carbons (Fsp3) is 0.211. The Morgan fingerprint density at radius 3 is 2.27 bits per heavy atom. The Balaban J connectivity index is 0.000000877. The second-order valence-electron chi connectivity index (χ2n) is 7.16. The van der Waals surface area contributed by atoms with Crippen LogP contribution in [0.4, 0.5) is 11.6 Å². The Bertz CT molecular complexity index is 1450. The van der Waals surface area contributed by atoms with Gasteiger partial charge < -0.3 is 26.6 Å². The number of carbonyl (C=O) groups excluding carboxylic acids is 1. The van der Waals surface area contributed by atoms with Gasteiger partial charge in [0.05, 0.1) is 18.4 Å². The molecular formula is C19H21N7O10S. The first-order valence-corrected chi connectivity index (χ1v) is 11.4. The fourth-order valence-electron chi connectivity index (χ4n) is 2.75. The third-order valence-electron chi connectivity index (χ3n) is 4.36. The number of amides is 1. The summed E-state index contributed by atoms with van der Waals surface area (Å²) in [7, 11) is -4.67. The Morgan fingerprint density at radius 2 is 1.70 bits per heavy atom. The topological polar surface area (TPSA) is 288 Å². The van der Waals surface area contributed by atoms with Gasteiger partial charge in [-0.3, -0.25) is 28.5 Å². The number of anilines is 2. The summed E-state index contributed by atoms with van der Waals surface area (Å²) in [6, 6.07) is 4.86. The lowest BCUT2D eigenvalue weighted by Gasteiger charge is -2.14. The molecule has 1 amide bonds. The van der Waals surface area contributed by atoms with E-state index in [1.165, 1.54) is 18.3 Å². The van der Waals surface area contributed by atoms with Gasteiger partial charge in [0.1, 0.15) is 6.04 Å². The number of rotatable bonds is 9. The maximum absolute atomic E-state index is 12.3. The first-order valence-electron chi connectivity index (χ1n) is 10.0. The number of carbonyl (C=O) groups is 3. The van der Waals surface area contributed by atoms with Gasteiger partial charge in [-0.1, -0.05) is 0 Å². The van der Waals surface area contributed by atoms with Crippen molar-refractivity contribution in [1.82, 2.24) is 25.3 Å². The minimum atomic E-state index is -4.67. The van der Waals surface area contributed by atoms with Crippen LogP contribution in [-0.2, 0) is 26.5 Å². The molecule has 1 atom stereocenters. The van der Waals surface area contributed by atoms with E-state index in [1.54, 1.807) is 12.1 Å². The standard InChI is InChI=1S/C19H19N7O6.H2O4S/c20-19-25-15-14(17(30)26-19)23-11(8-22-15)7-21-10-3-1-9(2-4-10)16(29)24-12(18(31)32)5-6-13(27)28;1-5(2,3)4/h1-4,8,12,21H,5-7H2,(H,24,29)(H,27,28)(H,31,32)(H3,20,22,25,26,30);(H2,1,2,3,4). The molecule has 1 unspecified atom stereocenters. The van der Waals surface area contributed by atoms with Crippen LogP contribution in [0.15, 0.2) is 35.3 Å². The van der Waals surface area contributed by atoms with E-state index in [9.17, 15) is 19.2 Å². The van der Waals surface area contributed by atoms with Gasteiger partial charge in [-0.15, -0.1) is 0 Å². The van der Waals surface area contributed by atoms with Crippen LogP contribution in [0.25, 0.3) is 11.2 Å². The molecule has 2 aromatic heterocycles. The number of hydrogen-bond donors (Lipinski definition) is 8. The number of carboxylic acids is 2. The molecule has 0 aliphatic rings. The Hall–Kier alpha value is -4.68. The van der Waals surface area contributed by atoms with E-state index in [0.29, 0.717) is 11.4 Å². The van der Waals surface area contributed by atoms with E-state index in [2.05, 4.69) is 30.6 Å². The molecule has 0 saturated carbocycles. The predicted molar refractivity (Wildman–Crippen MR) is 126 cm³/mol. The van der Waals surface area contributed by atoms with Crippen LogP contribution in [0, 0.1) is 0 Å². The third-order valence-corrected chi connectivity index (χ3v) is 4.36. The van der Waals surface area contributed by atoms with Gasteiger partial charge in [-0.2, -0.15) is 13.4 Å². The number of nitrogens with zero attached hydrogens (tertiary/aromatic N) is 3. The van der Waals surface area contributed by atoms with Crippen LogP contribution in [0.5, 0.6) is 0 Å². The van der Waals surface area contributed by atoms with Crippen molar-refractivity contribution in [2.45, 2.75) is 25.4 Å². The van der Waals surface area contributed by atoms with Crippen molar-refractivity contribution in [1.29, 1.82) is 0 Å². The molecule has 198 valence electrons. The lowest BCUT2D eigenvalue weighted by Crippen LogP contribution is -2.41. The average Bonchev–Trinajstić information content (AvgIpc) is 2.79. The van der Waals surface area contributed by atoms with Crippen LogP contribution in [0.2, 0.25) is 0 Å². The molecule has 3 aromatic rings. The van der Waals surface area contributed by atoms with Crippen LogP contribution in [0.3, 0.4) is 0 Å². The number of aromatic nitrogens is 4. The molecule has 17 nitrogen and oxygen atoms in total. The second kappa shape index (κ2) is 12.3. The number of nitrogens with two attached hydrogens (primary N) is 1. The van der Waals surface area contributed by atoms with Gasteiger partial charge in [0, 0.05) is 17.7 Å². The van der Waals surface area contributed by atoms with E-state index < -0.39 is 39.8 Å². The summed E-state index contributed by atoms with van der Waals surface area (Å²) >= 11 is 0. The normalized spacial score (nSPS) is 11.6. The fourth-order valence-corrected chi connectivity index (χ4v) is 2.75. The highest BCUT2D eigenvalue weighted by molar-refractivity contribution is 7.79. The number of benzene rings is 1. The number of H-pyrrole nitrogens is 1. The van der Waals surface area contributed by atoms with Gasteiger partial charge in [0.15, 0.2) is 11.2 Å². The van der Waals surface area contributed by atoms with E-state index in [0.717, 1.165) is 0 Å². The Labute approximate surface area is 207 Å². The molecule has 0 bridgehead atoms. The zero-order valence-corrected chi connectivity index (χ0v) is 19.5. The molecule has 0 radical (unpaired) electrons. The van der Waals surface area contributed by atoms with Crippen molar-refractivity contribution in [3.63, 3.8) is 0 Å². The molecule has 9 N–H and O–H groups in total. The molecule has 1 aromatic carbocycles. The number of fused-ring (bicyclic) bond motifs is 1. The van der Waals surface area contributed by atoms with E-state index in [1.807, 2.05) is 0 Å². The van der Waals surface area contributed by atoms with E-state index in [4.69, 9.17) is 33.5 Å². The minimum absolute atomic E-state index is 0.0524. The van der Waals surface area contributed by atoms with Gasteiger partial charge in [-0.05, 0) is 30.7 Å². The SMILES string of the molecule is Nc1nc2ncc(CNc3ccc(C(=O)NC(CCC(=O)O)C(=O)O)cc3)nc2c(=O)[nH]1.O=S(=O)(O)O. The maximum Gasteiger partial charge on any atom is 0.394 e. The monoisotopic (exact) mass is 539 g/mol. The first-order chi connectivity index (χ1) is 17.2. The molecule has 0 aliphatic carbocycles. The Kier molecular flexibility index (Phi) is 9.52. The molecule has 18 heteroatoms. The summed E-state index contributed by atoms with van der Waals surface area (Å²) in [6.07, 6.45) is 0.840. The summed E-state index contributed by atoms with van der Waals surface area (Å²) in [5, 5.41) is 23.2. The van der Waals surface area contributed by atoms with Gasteiger partial charge in [-0.25, -0.2) is 14.8 Å². The molecule has 37 heavy (non-hydrogen) atoms. The molecule has 2 heterocycles. The van der Waals surface area contributed by atoms with E-state index in [-0.39, 0.29) is 42.1 Å². The lowest BCUT2D eigenvalue weighted by atomic mass is 10.1. The van der Waals surface area contributed by atoms with Gasteiger partial charge >= 0.3 is 22.3 Å². The highest BCUT2D eigenvalue weighted by Crippen LogP contribution is 2.12. The summed E-state index contributed by atoms with van der Waals surface area (Å²) in [6.45, 7) is 0.231. The zero-order valence-electron chi connectivity index (χ0n) is 18.7. The summed E-state index contributed by atoms with van der Waals surface area (Å²) in [5.74, 6) is -3.16. The Morgan fingerprint density at radius 1 is 1.08 bits per heavy atom. The van der Waals surface area contributed by atoms with Crippen molar-refractivity contribution in [3.05, 3.63) is 52.1 Å².